The Bertz CT molecular complexity index is 677. The third-order valence-electron chi connectivity index (χ3n) is 3.72. The molecule has 6 nitrogen and oxygen atoms in total. The van der Waals surface area contributed by atoms with E-state index in [0.29, 0.717) is 10.7 Å². The summed E-state index contributed by atoms with van der Waals surface area (Å²) in [5.41, 5.74) is 0. The Morgan fingerprint density at radius 1 is 1.35 bits per heavy atom. The van der Waals surface area contributed by atoms with E-state index in [1.807, 2.05) is 12.1 Å². The van der Waals surface area contributed by atoms with Crippen LogP contribution in [0.5, 0.6) is 0 Å². The zero-order chi connectivity index (χ0) is 16.4. The fourth-order valence-electron chi connectivity index (χ4n) is 2.60. The van der Waals surface area contributed by atoms with Gasteiger partial charge >= 0.3 is 5.97 Å². The summed E-state index contributed by atoms with van der Waals surface area (Å²) in [6.07, 6.45) is 5.18. The van der Waals surface area contributed by atoms with Crippen LogP contribution in [0.1, 0.15) is 25.0 Å². The van der Waals surface area contributed by atoms with Crippen molar-refractivity contribution in [2.45, 2.75) is 19.3 Å². The third kappa shape index (κ3) is 3.59. The Morgan fingerprint density at radius 2 is 2.09 bits per heavy atom. The summed E-state index contributed by atoms with van der Waals surface area (Å²) in [7, 11) is 0. The third-order valence-corrected chi connectivity index (χ3v) is 5.10. The lowest BCUT2D eigenvalue weighted by Crippen LogP contribution is -2.33. The normalized spacial score (nSPS) is 20.6. The average Bonchev–Trinajstić information content (AvgIpc) is 3.09. The molecule has 3 rings (SSSR count). The largest absolute Gasteiger partial charge is 0.480 e. The maximum absolute atomic E-state index is 12.2. The van der Waals surface area contributed by atoms with E-state index in [4.69, 9.17) is 21.7 Å². The number of anilines is 1. The van der Waals surface area contributed by atoms with E-state index in [0.717, 1.165) is 48.5 Å². The number of hydrogen-bond donors (Lipinski definition) is 1. The molecule has 0 atom stereocenters. The molecular weight excluding hydrogens is 336 g/mol. The molecular formula is C15H16N2O4S2. The molecule has 1 aromatic heterocycles. The zero-order valence-electron chi connectivity index (χ0n) is 12.4. The van der Waals surface area contributed by atoms with Gasteiger partial charge in [0.15, 0.2) is 5.88 Å². The minimum atomic E-state index is -1.09. The lowest BCUT2D eigenvalue weighted by molar-refractivity contribution is -0.140. The van der Waals surface area contributed by atoms with Crippen molar-refractivity contribution < 1.29 is 19.1 Å². The highest BCUT2D eigenvalue weighted by atomic mass is 32.2. The minimum Gasteiger partial charge on any atom is -0.480 e. The zero-order valence-corrected chi connectivity index (χ0v) is 14.0. The van der Waals surface area contributed by atoms with Gasteiger partial charge in [0.25, 0.3) is 5.91 Å². The number of carboxylic acids is 1. The van der Waals surface area contributed by atoms with Crippen LogP contribution in [0.4, 0.5) is 5.88 Å². The van der Waals surface area contributed by atoms with Crippen LogP contribution in [-0.2, 0) is 9.59 Å². The van der Waals surface area contributed by atoms with Gasteiger partial charge in [-0.2, -0.15) is 0 Å². The van der Waals surface area contributed by atoms with Crippen molar-refractivity contribution in [3.05, 3.63) is 22.8 Å². The van der Waals surface area contributed by atoms with Gasteiger partial charge in [-0.25, -0.2) is 0 Å². The van der Waals surface area contributed by atoms with Crippen molar-refractivity contribution in [1.29, 1.82) is 0 Å². The molecule has 2 saturated heterocycles. The average molecular weight is 352 g/mol. The van der Waals surface area contributed by atoms with Gasteiger partial charge in [0.1, 0.15) is 16.6 Å². The standard InChI is InChI=1S/C15H16N2O4S2/c18-13(19)9-17-14(20)11(23-15(17)22)8-10-4-5-12(21-10)16-6-2-1-3-7-16/h4-5,8H,1-3,6-7,9H2,(H,18,19). The predicted octanol–water partition coefficient (Wildman–Crippen LogP) is 2.56. The monoisotopic (exact) mass is 352 g/mol. The van der Waals surface area contributed by atoms with Crippen molar-refractivity contribution in [2.24, 2.45) is 0 Å². The van der Waals surface area contributed by atoms with Gasteiger partial charge in [0.2, 0.25) is 0 Å². The van der Waals surface area contributed by atoms with Gasteiger partial charge in [-0.1, -0.05) is 24.0 Å². The smallest absolute Gasteiger partial charge is 0.323 e. The van der Waals surface area contributed by atoms with Gasteiger partial charge in [0.05, 0.1) is 4.91 Å². The number of thiocarbonyl (C=S) groups is 1. The molecule has 2 aliphatic rings. The molecule has 23 heavy (non-hydrogen) atoms. The number of piperidine rings is 1. The molecule has 1 aromatic rings. The molecule has 1 N–H and O–H groups in total. The van der Waals surface area contributed by atoms with E-state index in [2.05, 4.69) is 4.90 Å². The summed E-state index contributed by atoms with van der Waals surface area (Å²) in [6, 6.07) is 3.71. The van der Waals surface area contributed by atoms with Gasteiger partial charge in [-0.3, -0.25) is 14.5 Å². The fraction of sp³-hybridized carbons (Fsp3) is 0.400. The van der Waals surface area contributed by atoms with Crippen molar-refractivity contribution in [3.8, 4) is 0 Å². The van der Waals surface area contributed by atoms with Crippen molar-refractivity contribution >= 4 is 52.1 Å². The van der Waals surface area contributed by atoms with Gasteiger partial charge in [-0.15, -0.1) is 0 Å². The summed E-state index contributed by atoms with van der Waals surface area (Å²) in [5, 5.41) is 8.83. The first-order valence-electron chi connectivity index (χ1n) is 7.36. The molecule has 0 aromatic carbocycles. The molecule has 0 spiro atoms. The molecule has 0 bridgehead atoms. The number of carbonyl (C=O) groups excluding carboxylic acids is 1. The molecule has 0 aliphatic carbocycles. The SMILES string of the molecule is O=C(O)CN1C(=O)C(=Cc2ccc(N3CCCCC3)o2)SC1=S. The lowest BCUT2D eigenvalue weighted by atomic mass is 10.1. The summed E-state index contributed by atoms with van der Waals surface area (Å²) in [4.78, 5) is 26.6. The maximum atomic E-state index is 12.2. The van der Waals surface area contributed by atoms with Crippen LogP contribution in [0.3, 0.4) is 0 Å². The fourth-order valence-corrected chi connectivity index (χ4v) is 3.84. The first-order valence-corrected chi connectivity index (χ1v) is 8.59. The predicted molar refractivity (Wildman–Crippen MR) is 92.3 cm³/mol. The number of carbonyl (C=O) groups is 2. The number of nitrogens with zero attached hydrogens (tertiary/aromatic N) is 2. The summed E-state index contributed by atoms with van der Waals surface area (Å²) >= 11 is 6.16. The number of amides is 1. The number of hydrogen-bond acceptors (Lipinski definition) is 6. The molecule has 3 heterocycles. The highest BCUT2D eigenvalue weighted by Crippen LogP contribution is 2.33. The van der Waals surface area contributed by atoms with Gasteiger partial charge in [0, 0.05) is 25.2 Å². The van der Waals surface area contributed by atoms with E-state index >= 15 is 0 Å². The maximum Gasteiger partial charge on any atom is 0.323 e. The van der Waals surface area contributed by atoms with Gasteiger partial charge < -0.3 is 14.4 Å². The van der Waals surface area contributed by atoms with Crippen LogP contribution in [0.25, 0.3) is 6.08 Å². The lowest BCUT2D eigenvalue weighted by Gasteiger charge is -2.25. The molecule has 2 fully saturated rings. The number of thioether (sulfide) groups is 1. The van der Waals surface area contributed by atoms with Crippen LogP contribution < -0.4 is 4.90 Å². The Labute approximate surface area is 143 Å². The van der Waals surface area contributed by atoms with Gasteiger partial charge in [-0.05, 0) is 25.3 Å². The summed E-state index contributed by atoms with van der Waals surface area (Å²) in [5.74, 6) is -0.107. The Kier molecular flexibility index (Phi) is 4.72. The van der Waals surface area contributed by atoms with E-state index in [-0.39, 0.29) is 4.32 Å². The molecule has 0 radical (unpaired) electrons. The Hall–Kier alpha value is -1.80. The minimum absolute atomic E-state index is 0.256. The van der Waals surface area contributed by atoms with Crippen molar-refractivity contribution in [1.82, 2.24) is 4.90 Å². The van der Waals surface area contributed by atoms with Crippen molar-refractivity contribution in [2.75, 3.05) is 24.5 Å². The van der Waals surface area contributed by atoms with Crippen LogP contribution in [0.15, 0.2) is 21.5 Å². The first kappa shape index (κ1) is 16.1. The highest BCUT2D eigenvalue weighted by Gasteiger charge is 2.33. The first-order chi connectivity index (χ1) is 11.0. The Morgan fingerprint density at radius 3 is 2.78 bits per heavy atom. The van der Waals surface area contributed by atoms with Crippen molar-refractivity contribution in [3.63, 3.8) is 0 Å². The topological polar surface area (TPSA) is 74.0 Å². The van der Waals surface area contributed by atoms with E-state index in [1.54, 1.807) is 6.08 Å². The second kappa shape index (κ2) is 6.76. The van der Waals surface area contributed by atoms with E-state index in [1.165, 1.54) is 6.42 Å². The quantitative estimate of drug-likeness (QED) is 0.659. The molecule has 122 valence electrons. The van der Waals surface area contributed by atoms with Crippen LogP contribution in [-0.4, -0.2) is 45.8 Å². The van der Waals surface area contributed by atoms with E-state index in [9.17, 15) is 9.59 Å². The highest BCUT2D eigenvalue weighted by molar-refractivity contribution is 8.26. The number of carboxylic acid groups (broad SMARTS) is 1. The van der Waals surface area contributed by atoms with E-state index < -0.39 is 18.4 Å². The van der Waals surface area contributed by atoms with Crippen LogP contribution in [0.2, 0.25) is 0 Å². The molecule has 1 amide bonds. The molecule has 0 unspecified atom stereocenters. The number of rotatable bonds is 4. The summed E-state index contributed by atoms with van der Waals surface area (Å²) < 4.78 is 6.05. The number of aliphatic carboxylic acids is 1. The number of furan rings is 1. The van der Waals surface area contributed by atoms with Crippen LogP contribution in [0, 0.1) is 0 Å². The summed E-state index contributed by atoms with van der Waals surface area (Å²) in [6.45, 7) is 1.54. The Balaban J connectivity index is 1.74. The molecule has 8 heteroatoms. The molecule has 2 aliphatic heterocycles. The second-order valence-corrected chi connectivity index (χ2v) is 7.06. The molecule has 0 saturated carbocycles. The van der Waals surface area contributed by atoms with Crippen LogP contribution >= 0.6 is 24.0 Å². The second-order valence-electron chi connectivity index (χ2n) is 5.39.